The molecule has 278 valence electrons. The molecule has 0 rings (SSSR count). The van der Waals surface area contributed by atoms with Gasteiger partial charge in [-0.2, -0.15) is 0 Å². The maximum Gasteiger partial charge on any atom is 0.220 e. The van der Waals surface area contributed by atoms with Gasteiger partial charge in [0.1, 0.15) is 0 Å². The van der Waals surface area contributed by atoms with E-state index in [0.717, 1.165) is 51.4 Å². The second-order valence-corrected chi connectivity index (χ2v) is 13.7. The number of hydrogen-bond donors (Lipinski definition) is 3. The highest BCUT2D eigenvalue weighted by atomic mass is 16.3. The Morgan fingerprint density at radius 1 is 0.521 bits per heavy atom. The van der Waals surface area contributed by atoms with Crippen LogP contribution in [-0.2, 0) is 4.79 Å². The van der Waals surface area contributed by atoms with Crippen molar-refractivity contribution in [1.29, 1.82) is 0 Å². The number of allylic oxidation sites excluding steroid dienone is 9. The van der Waals surface area contributed by atoms with Crippen LogP contribution in [0.15, 0.2) is 60.8 Å². The summed E-state index contributed by atoms with van der Waals surface area (Å²) in [6.07, 6.45) is 54.6. The van der Waals surface area contributed by atoms with E-state index in [9.17, 15) is 15.0 Å². The normalized spacial score (nSPS) is 13.7. The van der Waals surface area contributed by atoms with Crippen molar-refractivity contribution < 1.29 is 15.0 Å². The summed E-state index contributed by atoms with van der Waals surface area (Å²) < 4.78 is 0. The fourth-order valence-electron chi connectivity index (χ4n) is 5.87. The molecule has 48 heavy (non-hydrogen) atoms. The molecule has 0 aliphatic heterocycles. The van der Waals surface area contributed by atoms with Crippen LogP contribution in [-0.4, -0.2) is 34.9 Å². The average molecular weight is 670 g/mol. The summed E-state index contributed by atoms with van der Waals surface area (Å²) in [5.41, 5.74) is 0. The van der Waals surface area contributed by atoms with Crippen LogP contribution < -0.4 is 5.32 Å². The zero-order valence-corrected chi connectivity index (χ0v) is 31.7. The highest BCUT2D eigenvalue weighted by molar-refractivity contribution is 5.76. The number of amides is 1. The van der Waals surface area contributed by atoms with E-state index in [-0.39, 0.29) is 12.5 Å². The molecular formula is C44H79NO3. The van der Waals surface area contributed by atoms with E-state index in [4.69, 9.17) is 0 Å². The third kappa shape index (κ3) is 35.4. The summed E-state index contributed by atoms with van der Waals surface area (Å²) >= 11 is 0. The van der Waals surface area contributed by atoms with Crippen LogP contribution in [0.1, 0.15) is 194 Å². The summed E-state index contributed by atoms with van der Waals surface area (Å²) in [7, 11) is 0. The Morgan fingerprint density at radius 3 is 1.38 bits per heavy atom. The topological polar surface area (TPSA) is 69.6 Å². The Hall–Kier alpha value is -1.91. The van der Waals surface area contributed by atoms with Crippen LogP contribution in [0.25, 0.3) is 0 Å². The molecule has 0 fully saturated rings. The Labute approximate surface area is 298 Å². The van der Waals surface area contributed by atoms with Crippen molar-refractivity contribution >= 4 is 5.91 Å². The number of aliphatic hydroxyl groups is 2. The van der Waals surface area contributed by atoms with Crippen LogP contribution in [0.4, 0.5) is 0 Å². The largest absolute Gasteiger partial charge is 0.394 e. The molecule has 2 unspecified atom stereocenters. The van der Waals surface area contributed by atoms with Crippen LogP contribution >= 0.6 is 0 Å². The molecular weight excluding hydrogens is 590 g/mol. The van der Waals surface area contributed by atoms with Gasteiger partial charge < -0.3 is 15.5 Å². The van der Waals surface area contributed by atoms with Gasteiger partial charge in [-0.15, -0.1) is 0 Å². The molecule has 0 aliphatic carbocycles. The van der Waals surface area contributed by atoms with Crippen molar-refractivity contribution in [3.63, 3.8) is 0 Å². The lowest BCUT2D eigenvalue weighted by Gasteiger charge is -2.20. The van der Waals surface area contributed by atoms with E-state index >= 15 is 0 Å². The first-order valence-corrected chi connectivity index (χ1v) is 20.5. The van der Waals surface area contributed by atoms with Crippen molar-refractivity contribution in [3.8, 4) is 0 Å². The Bertz CT molecular complexity index is 812. The highest BCUT2D eigenvalue weighted by Gasteiger charge is 2.17. The smallest absolute Gasteiger partial charge is 0.220 e. The van der Waals surface area contributed by atoms with E-state index in [1.54, 1.807) is 6.08 Å². The molecule has 0 aromatic rings. The highest BCUT2D eigenvalue weighted by Crippen LogP contribution is 2.14. The Balaban J connectivity index is 3.56. The molecule has 1 amide bonds. The van der Waals surface area contributed by atoms with Crippen molar-refractivity contribution in [3.05, 3.63) is 60.8 Å². The lowest BCUT2D eigenvalue weighted by molar-refractivity contribution is -0.123. The van der Waals surface area contributed by atoms with E-state index in [1.807, 2.05) is 6.08 Å². The van der Waals surface area contributed by atoms with Gasteiger partial charge in [0.25, 0.3) is 0 Å². The molecule has 0 saturated heterocycles. The number of aliphatic hydroxyl groups excluding tert-OH is 2. The standard InChI is InChI=1S/C44H79NO3/c1-3-5-7-9-11-13-15-16-17-18-19-20-21-22-23-24-25-26-27-28-30-32-34-36-38-40-44(48)45-42(41-46)43(47)39-37-35-33-31-29-14-12-10-8-6-4-2/h5,7,11,13,16-17,19-20,37,39,42-43,46-47H,3-4,6,8-10,12,14-15,18,21-36,38,40-41H2,1-2H3,(H,45,48)/b7-5-,13-11-,17-16-,20-19-,39-37+. The number of hydrogen-bond acceptors (Lipinski definition) is 3. The van der Waals surface area contributed by atoms with Crippen molar-refractivity contribution in [2.45, 2.75) is 206 Å². The van der Waals surface area contributed by atoms with Gasteiger partial charge >= 0.3 is 0 Å². The molecule has 0 spiro atoms. The SMILES string of the molecule is CC/C=C\C/C=C\C/C=C\C/C=C\CCCCCCCCCCCCCCC(=O)NC(CO)C(O)/C=C/CCCCCCCCCCC. The molecule has 4 heteroatoms. The summed E-state index contributed by atoms with van der Waals surface area (Å²) in [4.78, 5) is 12.3. The first-order chi connectivity index (χ1) is 23.7. The van der Waals surface area contributed by atoms with Crippen molar-refractivity contribution in [2.24, 2.45) is 0 Å². The van der Waals surface area contributed by atoms with E-state index in [0.29, 0.717) is 6.42 Å². The van der Waals surface area contributed by atoms with Crippen LogP contribution in [0, 0.1) is 0 Å². The number of carbonyl (C=O) groups excluding carboxylic acids is 1. The predicted molar refractivity (Wildman–Crippen MR) is 211 cm³/mol. The molecule has 0 aliphatic rings. The summed E-state index contributed by atoms with van der Waals surface area (Å²) in [5, 5.41) is 22.9. The first-order valence-electron chi connectivity index (χ1n) is 20.5. The maximum absolute atomic E-state index is 12.3. The molecule has 0 heterocycles. The van der Waals surface area contributed by atoms with E-state index in [1.165, 1.54) is 122 Å². The molecule has 0 aromatic carbocycles. The molecule has 4 nitrogen and oxygen atoms in total. The van der Waals surface area contributed by atoms with Crippen molar-refractivity contribution in [2.75, 3.05) is 6.61 Å². The molecule has 2 atom stereocenters. The van der Waals surface area contributed by atoms with Gasteiger partial charge in [-0.05, 0) is 57.8 Å². The molecule has 0 aromatic heterocycles. The number of carbonyl (C=O) groups is 1. The average Bonchev–Trinajstić information content (AvgIpc) is 3.09. The Morgan fingerprint density at radius 2 is 0.917 bits per heavy atom. The fourth-order valence-corrected chi connectivity index (χ4v) is 5.87. The van der Waals surface area contributed by atoms with Gasteiger partial charge in [-0.25, -0.2) is 0 Å². The molecule has 3 N–H and O–H groups in total. The minimum atomic E-state index is -0.839. The maximum atomic E-state index is 12.3. The number of nitrogens with one attached hydrogen (secondary N) is 1. The lowest BCUT2D eigenvalue weighted by atomic mass is 10.0. The predicted octanol–water partition coefficient (Wildman–Crippen LogP) is 12.6. The van der Waals surface area contributed by atoms with Gasteiger partial charge in [0, 0.05) is 6.42 Å². The van der Waals surface area contributed by atoms with E-state index < -0.39 is 12.1 Å². The van der Waals surface area contributed by atoms with Gasteiger partial charge in [-0.3, -0.25) is 4.79 Å². The van der Waals surface area contributed by atoms with Crippen LogP contribution in [0.3, 0.4) is 0 Å². The summed E-state index contributed by atoms with van der Waals surface area (Å²) in [6.45, 7) is 4.17. The van der Waals surface area contributed by atoms with Gasteiger partial charge in [-0.1, -0.05) is 190 Å². The Kier molecular flexibility index (Phi) is 38.0. The lowest BCUT2D eigenvalue weighted by Crippen LogP contribution is -2.45. The number of rotatable bonds is 36. The van der Waals surface area contributed by atoms with Crippen LogP contribution in [0.5, 0.6) is 0 Å². The summed E-state index contributed by atoms with van der Waals surface area (Å²) in [5.74, 6) is -0.0705. The fraction of sp³-hybridized carbons (Fsp3) is 0.750. The minimum Gasteiger partial charge on any atom is -0.394 e. The summed E-state index contributed by atoms with van der Waals surface area (Å²) in [6, 6.07) is -0.623. The van der Waals surface area contributed by atoms with Gasteiger partial charge in [0.2, 0.25) is 5.91 Å². The third-order valence-corrected chi connectivity index (χ3v) is 9.01. The molecule has 0 saturated carbocycles. The second-order valence-electron chi connectivity index (χ2n) is 13.7. The van der Waals surface area contributed by atoms with E-state index in [2.05, 4.69) is 67.8 Å². The van der Waals surface area contributed by atoms with Gasteiger partial charge in [0.15, 0.2) is 0 Å². The van der Waals surface area contributed by atoms with Crippen molar-refractivity contribution in [1.82, 2.24) is 5.32 Å². The third-order valence-electron chi connectivity index (χ3n) is 9.01. The zero-order chi connectivity index (χ0) is 35.0. The second kappa shape index (κ2) is 39.5. The molecule has 0 bridgehead atoms. The van der Waals surface area contributed by atoms with Gasteiger partial charge in [0.05, 0.1) is 18.8 Å². The monoisotopic (exact) mass is 670 g/mol. The minimum absolute atomic E-state index is 0.0705. The van der Waals surface area contributed by atoms with Crippen LogP contribution in [0.2, 0.25) is 0 Å². The zero-order valence-electron chi connectivity index (χ0n) is 31.7. The molecule has 0 radical (unpaired) electrons. The number of unbranched alkanes of at least 4 members (excludes halogenated alkanes) is 21. The first kappa shape index (κ1) is 46.1. The quantitative estimate of drug-likeness (QED) is 0.0459.